The van der Waals surface area contributed by atoms with E-state index in [0.29, 0.717) is 26.2 Å². The Balaban J connectivity index is 5.14. The van der Waals surface area contributed by atoms with Crippen molar-refractivity contribution in [3.63, 3.8) is 0 Å². The van der Waals surface area contributed by atoms with Gasteiger partial charge in [-0.15, -0.1) is 6.58 Å². The molecule has 4 N–H and O–H groups in total. The summed E-state index contributed by atoms with van der Waals surface area (Å²) in [5.74, 6) is 0. The Labute approximate surface area is 128 Å². The second kappa shape index (κ2) is 10.3. The van der Waals surface area contributed by atoms with Crippen molar-refractivity contribution < 1.29 is 20.4 Å². The Kier molecular flexibility index (Phi) is 10.0. The third-order valence-corrected chi connectivity index (χ3v) is 2.95. The third kappa shape index (κ3) is 9.18. The lowest BCUT2D eigenvalue weighted by atomic mass is 10.2. The van der Waals surface area contributed by atoms with Crippen molar-refractivity contribution in [1.29, 1.82) is 0 Å². The predicted octanol–water partition coefficient (Wildman–Crippen LogP) is -0.374. The molecule has 4 unspecified atom stereocenters. The van der Waals surface area contributed by atoms with Gasteiger partial charge in [0.25, 0.3) is 0 Å². The summed E-state index contributed by atoms with van der Waals surface area (Å²) in [4.78, 5) is 3.79. The number of hydrogen-bond acceptors (Lipinski definition) is 6. The van der Waals surface area contributed by atoms with Crippen LogP contribution in [0.4, 0.5) is 0 Å². The van der Waals surface area contributed by atoms with Crippen LogP contribution in [0.15, 0.2) is 12.7 Å². The standard InChI is InChI=1S/C15H32N2O4/c1-6-15(16(7-11(2)18)8-12(3)19)17(9-13(4)20)10-14(5)21/h6,11-15,18-21H,1,7-10H2,2-5H3. The highest BCUT2D eigenvalue weighted by Gasteiger charge is 2.26. The molecule has 0 saturated carbocycles. The van der Waals surface area contributed by atoms with Crippen LogP contribution in [0.1, 0.15) is 27.7 Å². The summed E-state index contributed by atoms with van der Waals surface area (Å²) in [6.45, 7) is 12.0. The minimum Gasteiger partial charge on any atom is -0.392 e. The molecule has 0 aliphatic carbocycles. The number of aliphatic hydroxyl groups is 4. The summed E-state index contributed by atoms with van der Waals surface area (Å²) in [5, 5.41) is 38.6. The molecule has 126 valence electrons. The lowest BCUT2D eigenvalue weighted by Crippen LogP contribution is -2.54. The molecule has 0 aromatic heterocycles. The minimum absolute atomic E-state index is 0.279. The first-order valence-electron chi connectivity index (χ1n) is 7.50. The van der Waals surface area contributed by atoms with E-state index in [1.54, 1.807) is 33.8 Å². The van der Waals surface area contributed by atoms with E-state index in [9.17, 15) is 20.4 Å². The lowest BCUT2D eigenvalue weighted by molar-refractivity contribution is -0.0177. The van der Waals surface area contributed by atoms with E-state index in [-0.39, 0.29) is 6.17 Å². The molecule has 0 heterocycles. The molecular weight excluding hydrogens is 272 g/mol. The van der Waals surface area contributed by atoms with Crippen LogP contribution in [0.2, 0.25) is 0 Å². The van der Waals surface area contributed by atoms with Gasteiger partial charge in [0.1, 0.15) is 0 Å². The second-order valence-corrected chi connectivity index (χ2v) is 5.95. The van der Waals surface area contributed by atoms with Crippen LogP contribution in [0.5, 0.6) is 0 Å². The van der Waals surface area contributed by atoms with Crippen molar-refractivity contribution >= 4 is 0 Å². The molecule has 0 amide bonds. The van der Waals surface area contributed by atoms with Gasteiger partial charge in [-0.2, -0.15) is 0 Å². The summed E-state index contributed by atoms with van der Waals surface area (Å²) in [6.07, 6.45) is -0.775. The van der Waals surface area contributed by atoms with Gasteiger partial charge in [-0.05, 0) is 27.7 Å². The van der Waals surface area contributed by atoms with Gasteiger partial charge in [0.15, 0.2) is 0 Å². The minimum atomic E-state index is -0.550. The number of rotatable bonds is 11. The highest BCUT2D eigenvalue weighted by Crippen LogP contribution is 2.12. The Morgan fingerprint density at radius 3 is 1.10 bits per heavy atom. The zero-order valence-corrected chi connectivity index (χ0v) is 13.7. The fourth-order valence-electron chi connectivity index (χ4n) is 2.47. The highest BCUT2D eigenvalue weighted by atomic mass is 16.3. The number of nitrogens with zero attached hydrogens (tertiary/aromatic N) is 2. The Bertz CT molecular complexity index is 239. The molecule has 6 nitrogen and oxygen atoms in total. The van der Waals surface area contributed by atoms with Crippen LogP contribution in [0, 0.1) is 0 Å². The van der Waals surface area contributed by atoms with Crippen LogP contribution in [-0.2, 0) is 0 Å². The zero-order valence-electron chi connectivity index (χ0n) is 13.7. The smallest absolute Gasteiger partial charge is 0.0815 e. The average molecular weight is 304 g/mol. The summed E-state index contributed by atoms with van der Waals surface area (Å²) < 4.78 is 0. The zero-order chi connectivity index (χ0) is 16.6. The predicted molar refractivity (Wildman–Crippen MR) is 83.9 cm³/mol. The van der Waals surface area contributed by atoms with E-state index in [0.717, 1.165) is 0 Å². The van der Waals surface area contributed by atoms with Crippen LogP contribution in [-0.4, -0.2) is 87.0 Å². The van der Waals surface area contributed by atoms with E-state index in [1.807, 2.05) is 9.80 Å². The maximum atomic E-state index is 9.65. The summed E-state index contributed by atoms with van der Waals surface area (Å²) >= 11 is 0. The van der Waals surface area contributed by atoms with Gasteiger partial charge in [-0.1, -0.05) is 6.08 Å². The fraction of sp³-hybridized carbons (Fsp3) is 0.867. The van der Waals surface area contributed by atoms with Crippen molar-refractivity contribution in [1.82, 2.24) is 9.80 Å². The topological polar surface area (TPSA) is 87.4 Å². The molecule has 0 aliphatic heterocycles. The second-order valence-electron chi connectivity index (χ2n) is 5.95. The third-order valence-electron chi connectivity index (χ3n) is 2.95. The largest absolute Gasteiger partial charge is 0.392 e. The van der Waals surface area contributed by atoms with Crippen LogP contribution >= 0.6 is 0 Å². The van der Waals surface area contributed by atoms with Gasteiger partial charge >= 0.3 is 0 Å². The van der Waals surface area contributed by atoms with E-state index in [1.165, 1.54) is 0 Å². The Hall–Kier alpha value is -0.500. The first-order valence-corrected chi connectivity index (χ1v) is 7.50. The molecule has 0 aromatic rings. The molecule has 0 rings (SSSR count). The Morgan fingerprint density at radius 1 is 0.714 bits per heavy atom. The number of aliphatic hydroxyl groups excluding tert-OH is 4. The summed E-state index contributed by atoms with van der Waals surface area (Å²) in [6, 6.07) is 0. The van der Waals surface area contributed by atoms with Gasteiger partial charge in [-0.3, -0.25) is 9.80 Å². The lowest BCUT2D eigenvalue weighted by Gasteiger charge is -2.40. The van der Waals surface area contributed by atoms with Crippen molar-refractivity contribution in [2.75, 3.05) is 26.2 Å². The SMILES string of the molecule is C=CC(N(CC(C)O)CC(C)O)N(CC(C)O)CC(C)O. The maximum absolute atomic E-state index is 9.65. The maximum Gasteiger partial charge on any atom is 0.0815 e. The van der Waals surface area contributed by atoms with E-state index >= 15 is 0 Å². The van der Waals surface area contributed by atoms with Gasteiger partial charge in [0, 0.05) is 26.2 Å². The summed E-state index contributed by atoms with van der Waals surface area (Å²) in [5.41, 5.74) is 0. The molecule has 0 saturated heterocycles. The molecule has 4 atom stereocenters. The fourth-order valence-corrected chi connectivity index (χ4v) is 2.47. The number of hydrogen-bond donors (Lipinski definition) is 4. The highest BCUT2D eigenvalue weighted by molar-refractivity contribution is 4.90. The monoisotopic (exact) mass is 304 g/mol. The van der Waals surface area contributed by atoms with Crippen molar-refractivity contribution in [2.45, 2.75) is 58.3 Å². The quantitative estimate of drug-likeness (QED) is 0.308. The normalized spacial score (nSPS) is 19.3. The van der Waals surface area contributed by atoms with Crippen molar-refractivity contribution in [3.8, 4) is 0 Å². The van der Waals surface area contributed by atoms with E-state index in [2.05, 4.69) is 6.58 Å². The molecule has 6 heteroatoms. The molecule has 0 fully saturated rings. The van der Waals surface area contributed by atoms with Gasteiger partial charge in [-0.25, -0.2) is 0 Å². The molecule has 0 aromatic carbocycles. The molecule has 21 heavy (non-hydrogen) atoms. The molecular formula is C15H32N2O4. The first-order chi connectivity index (χ1) is 9.67. The van der Waals surface area contributed by atoms with Crippen molar-refractivity contribution in [3.05, 3.63) is 12.7 Å². The van der Waals surface area contributed by atoms with Crippen LogP contribution in [0.3, 0.4) is 0 Å². The Morgan fingerprint density at radius 2 is 0.952 bits per heavy atom. The van der Waals surface area contributed by atoms with E-state index in [4.69, 9.17) is 0 Å². The van der Waals surface area contributed by atoms with Gasteiger partial charge in [0.05, 0.1) is 30.6 Å². The first kappa shape index (κ1) is 20.5. The van der Waals surface area contributed by atoms with E-state index < -0.39 is 24.4 Å². The molecule has 0 aliphatic rings. The molecule has 0 bridgehead atoms. The van der Waals surface area contributed by atoms with Crippen LogP contribution < -0.4 is 0 Å². The summed E-state index contributed by atoms with van der Waals surface area (Å²) in [7, 11) is 0. The van der Waals surface area contributed by atoms with Crippen molar-refractivity contribution in [2.24, 2.45) is 0 Å². The molecule has 0 spiro atoms. The molecule has 0 radical (unpaired) electrons. The average Bonchev–Trinajstić information content (AvgIpc) is 2.25. The van der Waals surface area contributed by atoms with Crippen LogP contribution in [0.25, 0.3) is 0 Å². The van der Waals surface area contributed by atoms with Gasteiger partial charge in [0.2, 0.25) is 0 Å². The van der Waals surface area contributed by atoms with Gasteiger partial charge < -0.3 is 20.4 Å².